The van der Waals surface area contributed by atoms with Crippen molar-refractivity contribution in [2.75, 3.05) is 5.75 Å². The van der Waals surface area contributed by atoms with Gasteiger partial charge in [-0.05, 0) is 8.44 Å². The molecular formula is C2H7OPS. The van der Waals surface area contributed by atoms with E-state index in [9.17, 15) is 4.21 Å². The third-order valence-electron chi connectivity index (χ3n) is 0.285. The summed E-state index contributed by atoms with van der Waals surface area (Å²) < 4.78 is 9.89. The molecular weight excluding hydrogens is 103 g/mol. The van der Waals surface area contributed by atoms with Crippen molar-refractivity contribution >= 4 is 18.9 Å². The predicted octanol–water partition coefficient (Wildman–Crippen LogP) is 0.545. The summed E-state index contributed by atoms with van der Waals surface area (Å²) >= 11 is 0. The first-order valence-corrected chi connectivity index (χ1v) is 4.19. The van der Waals surface area contributed by atoms with Gasteiger partial charge in [-0.1, -0.05) is 6.92 Å². The van der Waals surface area contributed by atoms with E-state index in [0.29, 0.717) is 0 Å². The van der Waals surface area contributed by atoms with Gasteiger partial charge >= 0.3 is 0 Å². The fourth-order valence-electron chi connectivity index (χ4n) is 0. The van der Waals surface area contributed by atoms with E-state index in [-0.39, 0.29) is 0 Å². The Morgan fingerprint density at radius 1 is 2.00 bits per heavy atom. The molecule has 0 amide bonds. The SMILES string of the molecule is CCS(=O)P. The quantitative estimate of drug-likeness (QED) is 0.450. The van der Waals surface area contributed by atoms with Crippen molar-refractivity contribution < 1.29 is 4.21 Å². The van der Waals surface area contributed by atoms with Gasteiger partial charge in [-0.25, -0.2) is 0 Å². The minimum absolute atomic E-state index is 0.656. The molecule has 0 rings (SSSR count). The summed E-state index contributed by atoms with van der Waals surface area (Å²) in [5.41, 5.74) is 0. The molecule has 0 bridgehead atoms. The smallest absolute Gasteiger partial charge is 0.0363 e. The zero-order chi connectivity index (χ0) is 4.28. The maximum atomic E-state index is 9.89. The van der Waals surface area contributed by atoms with Crippen LogP contribution in [0.1, 0.15) is 6.92 Å². The van der Waals surface area contributed by atoms with Crippen LogP contribution in [-0.2, 0) is 10.4 Å². The largest absolute Gasteiger partial charge is 0.256 e. The van der Waals surface area contributed by atoms with Gasteiger partial charge in [0.05, 0.1) is 0 Å². The summed E-state index contributed by atoms with van der Waals surface area (Å²) in [4.78, 5) is 0. The Balaban J connectivity index is 2.85. The van der Waals surface area contributed by atoms with Gasteiger partial charge in [0, 0.05) is 16.2 Å². The first-order valence-electron chi connectivity index (χ1n) is 1.40. The lowest BCUT2D eigenvalue weighted by atomic mass is 11.0. The molecule has 0 radical (unpaired) electrons. The van der Waals surface area contributed by atoms with Crippen LogP contribution in [0.2, 0.25) is 0 Å². The summed E-state index contributed by atoms with van der Waals surface area (Å²) in [5.74, 6) is 0.741. The lowest BCUT2D eigenvalue weighted by Crippen LogP contribution is -1.74. The van der Waals surface area contributed by atoms with Crippen LogP contribution in [0.3, 0.4) is 0 Å². The van der Waals surface area contributed by atoms with E-state index >= 15 is 0 Å². The molecule has 1 nitrogen and oxygen atoms in total. The predicted molar refractivity (Wildman–Crippen MR) is 28.4 cm³/mol. The molecule has 2 atom stereocenters. The minimum Gasteiger partial charge on any atom is -0.256 e. The highest BCUT2D eigenvalue weighted by molar-refractivity contribution is 8.33. The van der Waals surface area contributed by atoms with Crippen molar-refractivity contribution in [3.8, 4) is 0 Å². The molecule has 0 aliphatic rings. The Labute approximate surface area is 36.6 Å². The fourth-order valence-corrected chi connectivity index (χ4v) is 0. The van der Waals surface area contributed by atoms with Crippen LogP contribution in [0, 0.1) is 0 Å². The van der Waals surface area contributed by atoms with Gasteiger partial charge in [0.15, 0.2) is 0 Å². The van der Waals surface area contributed by atoms with Crippen LogP contribution in [-0.4, -0.2) is 9.96 Å². The highest BCUT2D eigenvalue weighted by Crippen LogP contribution is 1.88. The molecule has 0 saturated carbocycles. The first kappa shape index (κ1) is 5.58. The van der Waals surface area contributed by atoms with Crippen LogP contribution in [0.15, 0.2) is 0 Å². The average molecular weight is 110 g/mol. The molecule has 2 unspecified atom stereocenters. The molecule has 0 fully saturated rings. The van der Waals surface area contributed by atoms with E-state index in [4.69, 9.17) is 0 Å². The van der Waals surface area contributed by atoms with Crippen molar-refractivity contribution in [2.24, 2.45) is 0 Å². The summed E-state index contributed by atoms with van der Waals surface area (Å²) in [7, 11) is 1.55. The van der Waals surface area contributed by atoms with E-state index in [1.54, 1.807) is 0 Å². The average Bonchev–Trinajstić information content (AvgIpc) is 1.38. The highest BCUT2D eigenvalue weighted by atomic mass is 32.7. The second kappa shape index (κ2) is 2.80. The zero-order valence-corrected chi connectivity index (χ0v) is 5.07. The number of rotatable bonds is 1. The van der Waals surface area contributed by atoms with Gasteiger partial charge in [0.2, 0.25) is 0 Å². The molecule has 32 valence electrons. The molecule has 0 heterocycles. The third-order valence-corrected chi connectivity index (χ3v) is 1.85. The summed E-state index contributed by atoms with van der Waals surface area (Å²) in [6.45, 7) is 1.88. The van der Waals surface area contributed by atoms with Gasteiger partial charge < -0.3 is 0 Å². The van der Waals surface area contributed by atoms with Gasteiger partial charge in [-0.15, -0.1) is 0 Å². The molecule has 0 saturated heterocycles. The molecule has 0 aromatic heterocycles. The van der Waals surface area contributed by atoms with E-state index in [1.807, 2.05) is 6.92 Å². The van der Waals surface area contributed by atoms with E-state index in [0.717, 1.165) is 5.75 Å². The van der Waals surface area contributed by atoms with Gasteiger partial charge in [0.25, 0.3) is 0 Å². The maximum absolute atomic E-state index is 9.89. The van der Waals surface area contributed by atoms with Crippen LogP contribution in [0.25, 0.3) is 0 Å². The molecule has 0 aliphatic carbocycles. The third kappa shape index (κ3) is 4.58. The van der Waals surface area contributed by atoms with Gasteiger partial charge in [-0.3, -0.25) is 4.21 Å². The Kier molecular flexibility index (Phi) is 3.12. The molecule has 0 spiro atoms. The summed E-state index contributed by atoms with van der Waals surface area (Å²) in [5, 5.41) is 0. The Morgan fingerprint density at radius 3 is 2.20 bits per heavy atom. The minimum atomic E-state index is -0.656. The second-order valence-electron chi connectivity index (χ2n) is 0.669. The first-order chi connectivity index (χ1) is 2.27. The maximum Gasteiger partial charge on any atom is 0.0363 e. The van der Waals surface area contributed by atoms with Crippen LogP contribution < -0.4 is 0 Å². The van der Waals surface area contributed by atoms with E-state index in [1.165, 1.54) is 0 Å². The number of hydrogen-bond donors (Lipinski definition) is 0. The monoisotopic (exact) mass is 110 g/mol. The standard InChI is InChI=1S/C2H7OPS/c1-2-5(3)4/h2,4H2,1H3. The van der Waals surface area contributed by atoms with E-state index in [2.05, 4.69) is 8.44 Å². The van der Waals surface area contributed by atoms with E-state index < -0.39 is 10.4 Å². The Bertz CT molecular complexity index is 44.9. The molecule has 0 aromatic carbocycles. The van der Waals surface area contributed by atoms with Crippen molar-refractivity contribution in [1.29, 1.82) is 0 Å². The second-order valence-corrected chi connectivity index (χ2v) is 3.59. The Hall–Kier alpha value is 0.580. The Morgan fingerprint density at radius 2 is 2.20 bits per heavy atom. The normalized spacial score (nSPS) is 14.8. The summed E-state index contributed by atoms with van der Waals surface area (Å²) in [6, 6.07) is 0. The number of hydrogen-bond acceptors (Lipinski definition) is 1. The lowest BCUT2D eigenvalue weighted by molar-refractivity contribution is 0.692. The topological polar surface area (TPSA) is 17.1 Å². The van der Waals surface area contributed by atoms with Gasteiger partial charge in [0.1, 0.15) is 0 Å². The van der Waals surface area contributed by atoms with Crippen LogP contribution >= 0.6 is 8.44 Å². The summed E-state index contributed by atoms with van der Waals surface area (Å²) in [6.07, 6.45) is 0. The molecule has 0 aliphatic heterocycles. The zero-order valence-electron chi connectivity index (χ0n) is 3.10. The lowest BCUT2D eigenvalue weighted by Gasteiger charge is -1.74. The van der Waals surface area contributed by atoms with Gasteiger partial charge in [-0.2, -0.15) is 0 Å². The molecule has 0 N–H and O–H groups in total. The molecule has 0 aromatic rings. The van der Waals surface area contributed by atoms with Crippen molar-refractivity contribution in [1.82, 2.24) is 0 Å². The van der Waals surface area contributed by atoms with Crippen molar-refractivity contribution in [3.63, 3.8) is 0 Å². The van der Waals surface area contributed by atoms with Crippen molar-refractivity contribution in [2.45, 2.75) is 6.92 Å². The fraction of sp³-hybridized carbons (Fsp3) is 1.00. The molecule has 5 heavy (non-hydrogen) atoms. The highest BCUT2D eigenvalue weighted by Gasteiger charge is 1.73. The molecule has 3 heteroatoms. The van der Waals surface area contributed by atoms with Crippen LogP contribution in [0.4, 0.5) is 0 Å². The van der Waals surface area contributed by atoms with Crippen molar-refractivity contribution in [3.05, 3.63) is 0 Å². The van der Waals surface area contributed by atoms with Crippen LogP contribution in [0.5, 0.6) is 0 Å².